The van der Waals surface area contributed by atoms with Crippen LogP contribution in [0.1, 0.15) is 38.4 Å². The van der Waals surface area contributed by atoms with Crippen molar-refractivity contribution in [1.29, 1.82) is 0 Å². The molecule has 0 atom stereocenters. The van der Waals surface area contributed by atoms with E-state index < -0.39 is 0 Å². The van der Waals surface area contributed by atoms with Gasteiger partial charge in [0.15, 0.2) is 0 Å². The first-order chi connectivity index (χ1) is 11.3. The van der Waals surface area contributed by atoms with Crippen molar-refractivity contribution in [2.75, 3.05) is 44.2 Å². The van der Waals surface area contributed by atoms with Crippen LogP contribution in [0.3, 0.4) is 0 Å². The van der Waals surface area contributed by atoms with Gasteiger partial charge in [0.05, 0.1) is 0 Å². The van der Waals surface area contributed by atoms with Crippen molar-refractivity contribution in [2.45, 2.75) is 39.0 Å². The molecule has 1 aromatic rings. The number of hydrogen-bond acceptors (Lipinski definition) is 6. The van der Waals surface area contributed by atoms with E-state index in [-0.39, 0.29) is 24.8 Å². The van der Waals surface area contributed by atoms with E-state index >= 15 is 0 Å². The van der Waals surface area contributed by atoms with Gasteiger partial charge in [-0.3, -0.25) is 4.79 Å². The lowest BCUT2D eigenvalue weighted by Gasteiger charge is -2.34. The van der Waals surface area contributed by atoms with Gasteiger partial charge in [-0.2, -0.15) is 4.37 Å². The molecule has 0 radical (unpaired) electrons. The van der Waals surface area contributed by atoms with Crippen LogP contribution < -0.4 is 10.2 Å². The van der Waals surface area contributed by atoms with Crippen LogP contribution in [0.5, 0.6) is 0 Å². The largest absolute Gasteiger partial charge is 0.343 e. The number of halogens is 2. The van der Waals surface area contributed by atoms with Crippen LogP contribution in [0.4, 0.5) is 5.13 Å². The first kappa shape index (κ1) is 22.4. The van der Waals surface area contributed by atoms with E-state index in [1.807, 2.05) is 4.90 Å². The minimum absolute atomic E-state index is 0. The number of piperazine rings is 1. The molecule has 1 N–H and O–H groups in total. The average Bonchev–Trinajstić information content (AvgIpc) is 3.10. The molecule has 0 unspecified atom stereocenters. The zero-order chi connectivity index (χ0) is 16.1. The average molecular weight is 410 g/mol. The van der Waals surface area contributed by atoms with Crippen LogP contribution in [0.15, 0.2) is 0 Å². The highest BCUT2D eigenvalue weighted by Crippen LogP contribution is 2.21. The van der Waals surface area contributed by atoms with E-state index in [1.54, 1.807) is 0 Å². The van der Waals surface area contributed by atoms with Crippen molar-refractivity contribution < 1.29 is 4.79 Å². The number of piperidine rings is 1. The number of hydrogen-bond donors (Lipinski definition) is 1. The van der Waals surface area contributed by atoms with Gasteiger partial charge in [-0.05, 0) is 38.3 Å². The summed E-state index contributed by atoms with van der Waals surface area (Å²) in [6.07, 6.45) is 5.09. The Hall–Kier alpha value is -0.630. The lowest BCUT2D eigenvalue weighted by molar-refractivity contribution is -0.131. The van der Waals surface area contributed by atoms with Gasteiger partial charge >= 0.3 is 0 Å². The predicted octanol–water partition coefficient (Wildman–Crippen LogP) is 2.37. The minimum atomic E-state index is 0. The smallest absolute Gasteiger partial charge is 0.222 e. The fraction of sp³-hybridized carbons (Fsp3) is 0.812. The van der Waals surface area contributed by atoms with E-state index in [0.717, 1.165) is 69.0 Å². The summed E-state index contributed by atoms with van der Waals surface area (Å²) in [7, 11) is 0. The van der Waals surface area contributed by atoms with E-state index in [4.69, 9.17) is 0 Å². The van der Waals surface area contributed by atoms with Crippen molar-refractivity contribution >= 4 is 47.4 Å². The molecule has 3 rings (SSSR count). The molecular formula is C16H29Cl2N5OS. The van der Waals surface area contributed by atoms with Gasteiger partial charge in [-0.15, -0.1) is 24.8 Å². The molecule has 144 valence electrons. The zero-order valence-corrected chi connectivity index (χ0v) is 17.2. The first-order valence-corrected chi connectivity index (χ1v) is 9.59. The van der Waals surface area contributed by atoms with Crippen LogP contribution in [0.25, 0.3) is 0 Å². The SMILES string of the molecule is CCc1nsc(N2CCN(C(=O)CCC3CCNCC3)CC2)n1.Cl.Cl. The van der Waals surface area contributed by atoms with Gasteiger partial charge in [0.1, 0.15) is 5.82 Å². The quantitative estimate of drug-likeness (QED) is 0.808. The molecule has 1 aromatic heterocycles. The molecule has 2 aliphatic rings. The van der Waals surface area contributed by atoms with Crippen molar-refractivity contribution in [2.24, 2.45) is 5.92 Å². The molecular weight excluding hydrogens is 381 g/mol. The summed E-state index contributed by atoms with van der Waals surface area (Å²) < 4.78 is 4.35. The number of carbonyl (C=O) groups excluding carboxylic acids is 1. The molecule has 9 heteroatoms. The molecule has 0 saturated carbocycles. The van der Waals surface area contributed by atoms with Crippen molar-refractivity contribution in [3.63, 3.8) is 0 Å². The summed E-state index contributed by atoms with van der Waals surface area (Å²) in [6.45, 7) is 7.66. The second-order valence-electron chi connectivity index (χ2n) is 6.45. The number of amides is 1. The molecule has 2 aliphatic heterocycles. The standard InChI is InChI=1S/C16H27N5OS.2ClH/c1-2-14-18-16(23-19-14)21-11-9-20(10-12-21)15(22)4-3-13-5-7-17-8-6-13;;/h13,17H,2-12H2,1H3;2*1H. The van der Waals surface area contributed by atoms with E-state index in [0.29, 0.717) is 12.3 Å². The second kappa shape index (κ2) is 11.2. The fourth-order valence-electron chi connectivity index (χ4n) is 3.32. The normalized spacial score (nSPS) is 18.4. The predicted molar refractivity (Wildman–Crippen MR) is 107 cm³/mol. The van der Waals surface area contributed by atoms with Crippen LogP contribution >= 0.6 is 36.3 Å². The third-order valence-electron chi connectivity index (χ3n) is 4.90. The number of nitrogens with one attached hydrogen (secondary N) is 1. The highest BCUT2D eigenvalue weighted by atomic mass is 35.5. The molecule has 0 aromatic carbocycles. The molecule has 1 amide bonds. The molecule has 25 heavy (non-hydrogen) atoms. The maximum absolute atomic E-state index is 12.4. The minimum Gasteiger partial charge on any atom is -0.343 e. The van der Waals surface area contributed by atoms with Gasteiger partial charge in [-0.25, -0.2) is 4.98 Å². The number of aryl methyl sites for hydroxylation is 1. The number of carbonyl (C=O) groups is 1. The van der Waals surface area contributed by atoms with Crippen molar-refractivity contribution in [1.82, 2.24) is 19.6 Å². The third kappa shape index (κ3) is 6.24. The monoisotopic (exact) mass is 409 g/mol. The van der Waals surface area contributed by atoms with Gasteiger partial charge in [-0.1, -0.05) is 6.92 Å². The summed E-state index contributed by atoms with van der Waals surface area (Å²) in [5.41, 5.74) is 0. The summed E-state index contributed by atoms with van der Waals surface area (Å²) in [4.78, 5) is 21.2. The van der Waals surface area contributed by atoms with Crippen LogP contribution in [-0.4, -0.2) is 59.4 Å². The zero-order valence-electron chi connectivity index (χ0n) is 14.8. The van der Waals surface area contributed by atoms with Gasteiger partial charge in [0.25, 0.3) is 0 Å². The van der Waals surface area contributed by atoms with Crippen molar-refractivity contribution in [3.8, 4) is 0 Å². The Bertz CT molecular complexity index is 516. The van der Waals surface area contributed by atoms with Crippen LogP contribution in [0, 0.1) is 5.92 Å². The fourth-order valence-corrected chi connectivity index (χ4v) is 4.12. The Morgan fingerprint density at radius 3 is 2.48 bits per heavy atom. The molecule has 0 bridgehead atoms. The molecule has 2 fully saturated rings. The topological polar surface area (TPSA) is 61.4 Å². The Labute approximate surface area is 166 Å². The van der Waals surface area contributed by atoms with E-state index in [9.17, 15) is 4.79 Å². The Morgan fingerprint density at radius 2 is 1.88 bits per heavy atom. The Morgan fingerprint density at radius 1 is 1.20 bits per heavy atom. The summed E-state index contributed by atoms with van der Waals surface area (Å²) in [5.74, 6) is 1.98. The summed E-state index contributed by atoms with van der Waals surface area (Å²) in [5, 5.41) is 4.38. The molecule has 2 saturated heterocycles. The number of rotatable bonds is 5. The Kier molecular flexibility index (Phi) is 10.0. The summed E-state index contributed by atoms with van der Waals surface area (Å²) >= 11 is 1.47. The Balaban J connectivity index is 0.00000156. The first-order valence-electron chi connectivity index (χ1n) is 8.82. The number of aromatic nitrogens is 2. The summed E-state index contributed by atoms with van der Waals surface area (Å²) in [6, 6.07) is 0. The van der Waals surface area contributed by atoms with E-state index in [2.05, 4.69) is 26.5 Å². The second-order valence-corrected chi connectivity index (χ2v) is 7.18. The maximum Gasteiger partial charge on any atom is 0.222 e. The molecule has 6 nitrogen and oxygen atoms in total. The highest BCUT2D eigenvalue weighted by molar-refractivity contribution is 7.09. The molecule has 0 spiro atoms. The van der Waals surface area contributed by atoms with E-state index in [1.165, 1.54) is 24.4 Å². The maximum atomic E-state index is 12.4. The number of anilines is 1. The lowest BCUT2D eigenvalue weighted by Crippen LogP contribution is -2.48. The number of nitrogens with zero attached hydrogens (tertiary/aromatic N) is 4. The lowest BCUT2D eigenvalue weighted by atomic mass is 9.93. The van der Waals surface area contributed by atoms with Gasteiger partial charge in [0, 0.05) is 50.6 Å². The van der Waals surface area contributed by atoms with Crippen molar-refractivity contribution in [3.05, 3.63) is 5.82 Å². The van der Waals surface area contributed by atoms with Gasteiger partial charge < -0.3 is 15.1 Å². The van der Waals surface area contributed by atoms with Crippen LogP contribution in [0.2, 0.25) is 0 Å². The van der Waals surface area contributed by atoms with Gasteiger partial charge in [0.2, 0.25) is 11.0 Å². The molecule has 0 aliphatic carbocycles. The molecule has 3 heterocycles. The highest BCUT2D eigenvalue weighted by Gasteiger charge is 2.24. The van der Waals surface area contributed by atoms with Crippen LogP contribution in [-0.2, 0) is 11.2 Å². The third-order valence-corrected chi connectivity index (χ3v) is 5.72.